The summed E-state index contributed by atoms with van der Waals surface area (Å²) in [7, 11) is 2.07. The van der Waals surface area contributed by atoms with Crippen LogP contribution in [0.1, 0.15) is 51.3 Å². The standard InChI is InChI=1S/C16H30N4/c1-4-9-20-13-18-12-15(20)16-14(11-17-3)8-6-7-10-19(16)5-2/h12-14,16-17H,4-11H2,1-3H3. The molecule has 1 aromatic rings. The first-order valence-electron chi connectivity index (χ1n) is 8.20. The summed E-state index contributed by atoms with van der Waals surface area (Å²) < 4.78 is 2.36. The minimum atomic E-state index is 0.518. The minimum absolute atomic E-state index is 0.518. The zero-order valence-electron chi connectivity index (χ0n) is 13.3. The monoisotopic (exact) mass is 278 g/mol. The Morgan fingerprint density at radius 1 is 1.35 bits per heavy atom. The van der Waals surface area contributed by atoms with E-state index in [-0.39, 0.29) is 0 Å². The lowest BCUT2D eigenvalue weighted by Crippen LogP contribution is -2.37. The normalized spacial score (nSPS) is 24.8. The second kappa shape index (κ2) is 7.79. The first kappa shape index (κ1) is 15.5. The van der Waals surface area contributed by atoms with Crippen molar-refractivity contribution in [3.63, 3.8) is 0 Å². The highest BCUT2D eigenvalue weighted by molar-refractivity contribution is 5.09. The van der Waals surface area contributed by atoms with Crippen molar-refractivity contribution in [1.29, 1.82) is 0 Å². The van der Waals surface area contributed by atoms with Crippen LogP contribution in [-0.4, -0.2) is 41.1 Å². The van der Waals surface area contributed by atoms with Crippen molar-refractivity contribution in [1.82, 2.24) is 19.8 Å². The molecule has 0 aliphatic carbocycles. The summed E-state index contributed by atoms with van der Waals surface area (Å²) in [5.74, 6) is 0.690. The molecule has 1 aliphatic rings. The zero-order valence-corrected chi connectivity index (χ0v) is 13.3. The molecule has 20 heavy (non-hydrogen) atoms. The molecule has 2 rings (SSSR count). The number of aryl methyl sites for hydroxylation is 1. The van der Waals surface area contributed by atoms with Crippen LogP contribution in [0, 0.1) is 5.92 Å². The van der Waals surface area contributed by atoms with Gasteiger partial charge in [-0.2, -0.15) is 0 Å². The van der Waals surface area contributed by atoms with E-state index in [1.165, 1.54) is 37.9 Å². The molecule has 0 radical (unpaired) electrons. The van der Waals surface area contributed by atoms with Crippen molar-refractivity contribution in [2.45, 2.75) is 52.1 Å². The van der Waals surface area contributed by atoms with Crippen LogP contribution in [0.2, 0.25) is 0 Å². The Hall–Kier alpha value is -0.870. The summed E-state index contributed by atoms with van der Waals surface area (Å²) in [5.41, 5.74) is 1.41. The Labute approximate surface area is 123 Å². The third-order valence-corrected chi connectivity index (χ3v) is 4.49. The van der Waals surface area contributed by atoms with Crippen LogP contribution in [0.25, 0.3) is 0 Å². The van der Waals surface area contributed by atoms with Crippen molar-refractivity contribution in [3.8, 4) is 0 Å². The number of imidazole rings is 1. The smallest absolute Gasteiger partial charge is 0.0948 e. The lowest BCUT2D eigenvalue weighted by Gasteiger charge is -2.35. The lowest BCUT2D eigenvalue weighted by atomic mass is 9.92. The SMILES string of the molecule is CCCn1cncc1C1C(CNC)CCCCN1CC. The molecular formula is C16H30N4. The first-order chi connectivity index (χ1) is 9.81. The summed E-state index contributed by atoms with van der Waals surface area (Å²) in [5, 5.41) is 3.40. The van der Waals surface area contributed by atoms with Crippen LogP contribution >= 0.6 is 0 Å². The fraction of sp³-hybridized carbons (Fsp3) is 0.812. The molecule has 0 aromatic carbocycles. The lowest BCUT2D eigenvalue weighted by molar-refractivity contribution is 0.154. The van der Waals surface area contributed by atoms with E-state index in [1.807, 2.05) is 6.33 Å². The van der Waals surface area contributed by atoms with Crippen LogP contribution in [-0.2, 0) is 6.54 Å². The minimum Gasteiger partial charge on any atom is -0.333 e. The Morgan fingerprint density at radius 2 is 2.20 bits per heavy atom. The highest BCUT2D eigenvalue weighted by Crippen LogP contribution is 2.34. The van der Waals surface area contributed by atoms with Crippen molar-refractivity contribution in [2.24, 2.45) is 5.92 Å². The van der Waals surface area contributed by atoms with E-state index >= 15 is 0 Å². The Balaban J connectivity index is 2.30. The van der Waals surface area contributed by atoms with E-state index in [2.05, 4.69) is 46.9 Å². The van der Waals surface area contributed by atoms with Crippen LogP contribution < -0.4 is 5.32 Å². The van der Waals surface area contributed by atoms with E-state index in [4.69, 9.17) is 0 Å². The van der Waals surface area contributed by atoms with Gasteiger partial charge in [0.1, 0.15) is 0 Å². The Morgan fingerprint density at radius 3 is 2.90 bits per heavy atom. The molecule has 2 atom stereocenters. The molecule has 1 saturated heterocycles. The van der Waals surface area contributed by atoms with Gasteiger partial charge in [-0.15, -0.1) is 0 Å². The molecule has 114 valence electrons. The van der Waals surface area contributed by atoms with Gasteiger partial charge in [0.2, 0.25) is 0 Å². The molecule has 1 aliphatic heterocycles. The molecule has 1 aromatic heterocycles. The number of aromatic nitrogens is 2. The number of hydrogen-bond acceptors (Lipinski definition) is 3. The summed E-state index contributed by atoms with van der Waals surface area (Å²) in [6.45, 7) is 9.05. The third kappa shape index (κ3) is 3.41. The van der Waals surface area contributed by atoms with E-state index in [0.29, 0.717) is 12.0 Å². The van der Waals surface area contributed by atoms with Crippen molar-refractivity contribution in [2.75, 3.05) is 26.7 Å². The maximum absolute atomic E-state index is 4.43. The molecule has 2 unspecified atom stereocenters. The van der Waals surface area contributed by atoms with Crippen LogP contribution in [0.5, 0.6) is 0 Å². The van der Waals surface area contributed by atoms with Gasteiger partial charge in [-0.1, -0.05) is 20.3 Å². The number of nitrogens with zero attached hydrogens (tertiary/aromatic N) is 3. The van der Waals surface area contributed by atoms with Gasteiger partial charge in [0.15, 0.2) is 0 Å². The predicted octanol–water partition coefficient (Wildman–Crippen LogP) is 2.68. The van der Waals surface area contributed by atoms with Crippen molar-refractivity contribution < 1.29 is 0 Å². The number of rotatable bonds is 6. The molecule has 0 saturated carbocycles. The van der Waals surface area contributed by atoms with Gasteiger partial charge in [0.05, 0.1) is 18.1 Å². The van der Waals surface area contributed by atoms with Gasteiger partial charge in [-0.25, -0.2) is 4.98 Å². The van der Waals surface area contributed by atoms with E-state index < -0.39 is 0 Å². The second-order valence-corrected chi connectivity index (χ2v) is 5.90. The topological polar surface area (TPSA) is 33.1 Å². The average Bonchev–Trinajstić information content (AvgIpc) is 2.80. The maximum Gasteiger partial charge on any atom is 0.0948 e. The second-order valence-electron chi connectivity index (χ2n) is 5.90. The third-order valence-electron chi connectivity index (χ3n) is 4.49. The number of hydrogen-bond donors (Lipinski definition) is 1. The average molecular weight is 278 g/mol. The fourth-order valence-corrected chi connectivity index (χ4v) is 3.58. The molecule has 0 spiro atoms. The van der Waals surface area contributed by atoms with Crippen LogP contribution in [0.3, 0.4) is 0 Å². The van der Waals surface area contributed by atoms with Gasteiger partial charge < -0.3 is 9.88 Å². The molecule has 1 N–H and O–H groups in total. The van der Waals surface area contributed by atoms with Crippen molar-refractivity contribution >= 4 is 0 Å². The van der Waals surface area contributed by atoms with Gasteiger partial charge in [0.25, 0.3) is 0 Å². The maximum atomic E-state index is 4.43. The first-order valence-corrected chi connectivity index (χ1v) is 8.20. The number of likely N-dealkylation sites (tertiary alicyclic amines) is 1. The summed E-state index contributed by atoms with van der Waals surface area (Å²) in [4.78, 5) is 7.08. The fourth-order valence-electron chi connectivity index (χ4n) is 3.58. The highest BCUT2D eigenvalue weighted by atomic mass is 15.2. The predicted molar refractivity (Wildman–Crippen MR) is 83.8 cm³/mol. The molecule has 4 nitrogen and oxygen atoms in total. The van der Waals surface area contributed by atoms with E-state index in [0.717, 1.165) is 19.6 Å². The van der Waals surface area contributed by atoms with Crippen molar-refractivity contribution in [3.05, 3.63) is 18.2 Å². The van der Waals surface area contributed by atoms with Gasteiger partial charge in [-0.3, -0.25) is 4.90 Å². The largest absolute Gasteiger partial charge is 0.333 e. The van der Waals surface area contributed by atoms with E-state index in [9.17, 15) is 0 Å². The highest BCUT2D eigenvalue weighted by Gasteiger charge is 2.31. The summed E-state index contributed by atoms with van der Waals surface area (Å²) >= 11 is 0. The van der Waals surface area contributed by atoms with Gasteiger partial charge in [0, 0.05) is 12.7 Å². The zero-order chi connectivity index (χ0) is 14.4. The summed E-state index contributed by atoms with van der Waals surface area (Å²) in [6.07, 6.45) is 9.26. The van der Waals surface area contributed by atoms with Gasteiger partial charge >= 0.3 is 0 Å². The molecule has 0 amide bonds. The Kier molecular flexibility index (Phi) is 6.05. The molecule has 4 heteroatoms. The summed E-state index contributed by atoms with van der Waals surface area (Å²) in [6, 6.07) is 0.518. The number of nitrogens with one attached hydrogen (secondary N) is 1. The van der Waals surface area contributed by atoms with Crippen LogP contribution in [0.15, 0.2) is 12.5 Å². The van der Waals surface area contributed by atoms with Gasteiger partial charge in [-0.05, 0) is 51.9 Å². The molecule has 2 heterocycles. The van der Waals surface area contributed by atoms with E-state index in [1.54, 1.807) is 0 Å². The van der Waals surface area contributed by atoms with Crippen LogP contribution in [0.4, 0.5) is 0 Å². The quantitative estimate of drug-likeness (QED) is 0.868. The molecule has 0 bridgehead atoms. The Bertz CT molecular complexity index is 388. The molecular weight excluding hydrogens is 248 g/mol. The molecule has 1 fully saturated rings.